The molecule has 0 N–H and O–H groups in total. The lowest BCUT2D eigenvalue weighted by Crippen LogP contribution is -2.41. The van der Waals surface area contributed by atoms with Crippen molar-refractivity contribution in [2.45, 2.75) is 94.9 Å². The van der Waals surface area contributed by atoms with Gasteiger partial charge in [0.25, 0.3) is 47.3 Å². The van der Waals surface area contributed by atoms with Crippen LogP contribution in [0.2, 0.25) is 0 Å². The summed E-state index contributed by atoms with van der Waals surface area (Å²) in [4.78, 5) is 131. The van der Waals surface area contributed by atoms with E-state index in [1.807, 2.05) is 204 Å². The first kappa shape index (κ1) is 58.8. The van der Waals surface area contributed by atoms with Crippen molar-refractivity contribution in [2.24, 2.45) is 0 Å². The molecule has 18 rings (SSSR count). The minimum atomic E-state index is -0.875. The lowest BCUT2D eigenvalue weighted by Gasteiger charge is -2.35. The fourth-order valence-corrected chi connectivity index (χ4v) is 18.7. The van der Waals surface area contributed by atoms with Gasteiger partial charge in [-0.05, 0) is 242 Å². The van der Waals surface area contributed by atoms with Crippen molar-refractivity contribution < 1.29 is 38.4 Å². The van der Waals surface area contributed by atoms with Crippen LogP contribution in [0.1, 0.15) is 184 Å². The molecule has 8 amide bonds. The van der Waals surface area contributed by atoms with Gasteiger partial charge in [0.1, 0.15) is 0 Å². The van der Waals surface area contributed by atoms with Crippen LogP contribution in [0, 0.1) is 83.1 Å². The highest BCUT2D eigenvalue weighted by atomic mass is 16.2. The van der Waals surface area contributed by atoms with Gasteiger partial charge in [0.05, 0.1) is 22.7 Å². The fraction of sp³-hybridized carbons (Fsp3) is 0.163. The molecule has 0 atom stereocenters. The Labute approximate surface area is 564 Å². The third-order valence-corrected chi connectivity index (χ3v) is 21.9. The Kier molecular flexibility index (Phi) is 12.0. The fourth-order valence-electron chi connectivity index (χ4n) is 18.7. The Balaban J connectivity index is 0.972. The van der Waals surface area contributed by atoms with E-state index in [1.54, 1.807) is 24.3 Å². The molecule has 0 fully saturated rings. The highest BCUT2D eigenvalue weighted by molar-refractivity contribution is 6.42. The number of hydrogen-bond acceptors (Lipinski definition) is 8. The lowest BCUT2D eigenvalue weighted by molar-refractivity contribution is 0.0877. The van der Waals surface area contributed by atoms with E-state index in [2.05, 4.69) is 0 Å². The van der Waals surface area contributed by atoms with Gasteiger partial charge in [0, 0.05) is 77.9 Å². The number of amides is 8. The van der Waals surface area contributed by atoms with Gasteiger partial charge in [-0.1, -0.05) is 119 Å². The number of aryl methyl sites for hydroxylation is 12. The number of carbonyl (C=O) groups is 8. The maximum absolute atomic E-state index is 15.7. The molecule has 0 unspecified atom stereocenters. The number of anilines is 4. The zero-order chi connectivity index (χ0) is 68.1. The van der Waals surface area contributed by atoms with Gasteiger partial charge >= 0.3 is 0 Å². The maximum atomic E-state index is 15.7. The molecular weight excluding hydrogens is 1220 g/mol. The van der Waals surface area contributed by atoms with Crippen LogP contribution in [0.5, 0.6) is 0 Å². The highest BCUT2D eigenvalue weighted by Gasteiger charge is 2.48. The van der Waals surface area contributed by atoms with Gasteiger partial charge in [-0.3, -0.25) is 38.4 Å². The molecule has 12 aromatic rings. The molecule has 0 bridgehead atoms. The first-order chi connectivity index (χ1) is 46.9. The molecular formula is C86H62N4O8. The summed E-state index contributed by atoms with van der Waals surface area (Å²) in [6.45, 7) is 23.2. The second-order valence-corrected chi connectivity index (χ2v) is 28.2. The minimum Gasteiger partial charge on any atom is -0.268 e. The summed E-state index contributed by atoms with van der Waals surface area (Å²) in [6.07, 6.45) is 0. The maximum Gasteiger partial charge on any atom is 0.266 e. The summed E-state index contributed by atoms with van der Waals surface area (Å²) in [5, 5.41) is 4.23. The topological polar surface area (TPSA) is 150 Å². The average Bonchev–Trinajstić information content (AvgIpc) is 1.48. The van der Waals surface area contributed by atoms with Crippen LogP contribution in [0.4, 0.5) is 22.7 Å². The predicted molar refractivity (Wildman–Crippen MR) is 385 cm³/mol. The first-order valence-electron chi connectivity index (χ1n) is 33.2. The molecule has 12 nitrogen and oxygen atoms in total. The minimum absolute atomic E-state index is 0.304. The number of benzene rings is 12. The van der Waals surface area contributed by atoms with E-state index in [4.69, 9.17) is 0 Å². The molecule has 6 aliphatic rings. The van der Waals surface area contributed by atoms with Gasteiger partial charge in [-0.2, -0.15) is 0 Å². The summed E-state index contributed by atoms with van der Waals surface area (Å²) < 4.78 is 0. The molecule has 4 heterocycles. The third-order valence-electron chi connectivity index (χ3n) is 21.9. The molecule has 0 aromatic heterocycles. The highest BCUT2D eigenvalue weighted by Crippen LogP contribution is 2.60. The van der Waals surface area contributed by atoms with Crippen molar-refractivity contribution >= 4 is 113 Å². The van der Waals surface area contributed by atoms with E-state index in [-0.39, 0.29) is 0 Å². The SMILES string of the molecule is Cc1cc(C)c(N2C(=O)c3ccc4c5c(ccc(c35)C2=O)C(C2c3ccc5c6c(ccc(c36)-c3ccc6c7c(ccc2c37)C(=O)N(c2c(C)cc(C)cc2C)C6=O)C(=O)N(c2c(C)cc(C)cc2C)C5=O)c2ccc3c5c(ccc-4c25)C(=O)N(c2c(C)cc(C)cc2C)C3=O)c(C)c1. The van der Waals surface area contributed by atoms with Gasteiger partial charge in [-0.25, -0.2) is 19.6 Å². The zero-order valence-corrected chi connectivity index (χ0v) is 56.1. The molecule has 0 saturated heterocycles. The Morgan fingerprint density at radius 3 is 0.500 bits per heavy atom. The van der Waals surface area contributed by atoms with E-state index in [1.165, 1.54) is 19.6 Å². The van der Waals surface area contributed by atoms with E-state index in [0.29, 0.717) is 155 Å². The number of imide groups is 4. The Morgan fingerprint density at radius 1 is 0.194 bits per heavy atom. The van der Waals surface area contributed by atoms with E-state index < -0.39 is 59.1 Å². The molecule has 474 valence electrons. The number of fused-ring (bicyclic) bond motifs is 2. The van der Waals surface area contributed by atoms with E-state index in [0.717, 1.165) is 66.8 Å². The van der Waals surface area contributed by atoms with Crippen LogP contribution in [-0.4, -0.2) is 47.3 Å². The smallest absolute Gasteiger partial charge is 0.266 e. The Hall–Kier alpha value is -11.8. The summed E-state index contributed by atoms with van der Waals surface area (Å²) in [6, 6.07) is 45.8. The number of nitrogens with zero attached hydrogens (tertiary/aromatic N) is 4. The van der Waals surface area contributed by atoms with Gasteiger partial charge in [0.2, 0.25) is 0 Å². The standard InChI is InChI=1S/C86H62N4O8/c1-37-29-41(5)75(42(6)30-37)87-79(91)57-21-13-49-50-14-22-58-72-62(84(96)88(80(58)92)76-43(7)31-38(2)32-44(76)8)26-18-54(66(50)72)69(53-17-25-61(83(87)95)71(57)65(49)53)70-55-19-27-63-73-59(81(93)89(85(63)97)77-45(9)33-39(3)34-46(77)10)23-15-51(67(55)73)52-16-24-60-74-64(28-20-56(70)68(52)74)86(98)90(82(60)94)78-47(11)35-40(4)36-48(78)12/h13-36,69-70H,1-12H3. The largest absolute Gasteiger partial charge is 0.268 e. The molecule has 0 radical (unpaired) electrons. The van der Waals surface area contributed by atoms with Crippen molar-refractivity contribution in [2.75, 3.05) is 19.6 Å². The molecule has 4 aliphatic heterocycles. The van der Waals surface area contributed by atoms with Gasteiger partial charge in [-0.15, -0.1) is 0 Å². The van der Waals surface area contributed by atoms with Gasteiger partial charge in [0.15, 0.2) is 0 Å². The predicted octanol–water partition coefficient (Wildman–Crippen LogP) is 18.1. The van der Waals surface area contributed by atoms with Crippen molar-refractivity contribution in [1.29, 1.82) is 0 Å². The van der Waals surface area contributed by atoms with Crippen molar-refractivity contribution in [3.63, 3.8) is 0 Å². The average molecular weight is 1280 g/mol. The van der Waals surface area contributed by atoms with Crippen molar-refractivity contribution in [3.05, 3.63) is 279 Å². The van der Waals surface area contributed by atoms with Crippen LogP contribution < -0.4 is 19.6 Å². The van der Waals surface area contributed by atoms with Crippen LogP contribution in [-0.2, 0) is 0 Å². The molecule has 12 heteroatoms. The second-order valence-electron chi connectivity index (χ2n) is 28.2. The van der Waals surface area contributed by atoms with Crippen LogP contribution >= 0.6 is 0 Å². The molecule has 98 heavy (non-hydrogen) atoms. The lowest BCUT2D eigenvalue weighted by atomic mass is 9.69. The third kappa shape index (κ3) is 7.43. The molecule has 0 spiro atoms. The van der Waals surface area contributed by atoms with Crippen molar-refractivity contribution in [3.8, 4) is 22.3 Å². The van der Waals surface area contributed by atoms with Crippen LogP contribution in [0.15, 0.2) is 146 Å². The number of rotatable bonds is 5. The summed E-state index contributed by atoms with van der Waals surface area (Å²) in [5.41, 5.74) is 20.0. The summed E-state index contributed by atoms with van der Waals surface area (Å²) >= 11 is 0. The van der Waals surface area contributed by atoms with Crippen molar-refractivity contribution in [1.82, 2.24) is 0 Å². The van der Waals surface area contributed by atoms with Crippen LogP contribution in [0.3, 0.4) is 0 Å². The van der Waals surface area contributed by atoms with Gasteiger partial charge < -0.3 is 0 Å². The second kappa shape index (κ2) is 19.9. The quantitative estimate of drug-likeness (QED) is 0.155. The molecule has 2 aliphatic carbocycles. The normalized spacial score (nSPS) is 15.3. The number of hydrogen-bond donors (Lipinski definition) is 0. The van der Waals surface area contributed by atoms with E-state index in [9.17, 15) is 0 Å². The van der Waals surface area contributed by atoms with E-state index >= 15 is 38.4 Å². The summed E-state index contributed by atoms with van der Waals surface area (Å²) in [5.74, 6) is -5.72. The van der Waals surface area contributed by atoms with Crippen LogP contribution in [0.25, 0.3) is 65.3 Å². The number of carbonyl (C=O) groups excluding carboxylic acids is 8. The summed E-state index contributed by atoms with van der Waals surface area (Å²) in [7, 11) is 0. The Bertz CT molecular complexity index is 5150. The zero-order valence-electron chi connectivity index (χ0n) is 56.1. The molecule has 0 saturated carbocycles. The molecule has 12 aromatic carbocycles. The first-order valence-corrected chi connectivity index (χ1v) is 33.2. The monoisotopic (exact) mass is 1280 g/mol. The Morgan fingerprint density at radius 2 is 0.337 bits per heavy atom.